The SMILES string of the molecule is CNc1nc(N(C)C2CCCC2)c2cn[nH]c2n1. The van der Waals surface area contributed by atoms with Crippen molar-refractivity contribution in [3.8, 4) is 0 Å². The maximum atomic E-state index is 4.58. The molecule has 2 aromatic heterocycles. The van der Waals surface area contributed by atoms with Crippen molar-refractivity contribution in [1.29, 1.82) is 0 Å². The molecule has 1 aliphatic rings. The van der Waals surface area contributed by atoms with E-state index < -0.39 is 0 Å². The van der Waals surface area contributed by atoms with Gasteiger partial charge in [-0.05, 0) is 12.8 Å². The molecule has 2 heterocycles. The van der Waals surface area contributed by atoms with E-state index in [2.05, 4.69) is 37.4 Å². The maximum Gasteiger partial charge on any atom is 0.226 e. The van der Waals surface area contributed by atoms with Gasteiger partial charge in [-0.25, -0.2) is 0 Å². The zero-order chi connectivity index (χ0) is 12.5. The standard InChI is InChI=1S/C12H18N6/c1-13-12-15-10-9(7-14-17-10)11(16-12)18(2)8-5-3-4-6-8/h7-8H,3-6H2,1-2H3,(H2,13,14,15,16,17). The average molecular weight is 246 g/mol. The van der Waals surface area contributed by atoms with Crippen LogP contribution in [0.15, 0.2) is 6.20 Å². The van der Waals surface area contributed by atoms with Gasteiger partial charge in [-0.2, -0.15) is 15.1 Å². The van der Waals surface area contributed by atoms with E-state index in [0.717, 1.165) is 16.9 Å². The number of anilines is 2. The summed E-state index contributed by atoms with van der Waals surface area (Å²) in [6.07, 6.45) is 6.92. The van der Waals surface area contributed by atoms with Crippen LogP contribution in [0.2, 0.25) is 0 Å². The van der Waals surface area contributed by atoms with E-state index in [1.54, 1.807) is 6.20 Å². The summed E-state index contributed by atoms with van der Waals surface area (Å²) in [5.74, 6) is 1.59. The summed E-state index contributed by atoms with van der Waals surface area (Å²) in [4.78, 5) is 11.2. The summed E-state index contributed by atoms with van der Waals surface area (Å²) in [5, 5.41) is 11.0. The summed E-state index contributed by atoms with van der Waals surface area (Å²) in [7, 11) is 3.95. The highest BCUT2D eigenvalue weighted by Crippen LogP contribution is 2.30. The van der Waals surface area contributed by atoms with Gasteiger partial charge in [0.2, 0.25) is 5.95 Å². The Labute approximate surface area is 106 Å². The molecule has 6 heteroatoms. The average Bonchev–Trinajstić information content (AvgIpc) is 3.07. The lowest BCUT2D eigenvalue weighted by Crippen LogP contribution is -2.30. The van der Waals surface area contributed by atoms with Gasteiger partial charge in [-0.15, -0.1) is 0 Å². The first kappa shape index (κ1) is 11.3. The Kier molecular flexibility index (Phi) is 2.77. The minimum atomic E-state index is 0.586. The molecule has 0 atom stereocenters. The van der Waals surface area contributed by atoms with Crippen LogP contribution in [0.5, 0.6) is 0 Å². The first-order valence-electron chi connectivity index (χ1n) is 6.41. The highest BCUT2D eigenvalue weighted by atomic mass is 15.3. The molecule has 0 unspecified atom stereocenters. The lowest BCUT2D eigenvalue weighted by Gasteiger charge is -2.26. The molecule has 2 N–H and O–H groups in total. The molecule has 18 heavy (non-hydrogen) atoms. The highest BCUT2D eigenvalue weighted by molar-refractivity contribution is 5.87. The predicted octanol–water partition coefficient (Wildman–Crippen LogP) is 1.77. The second-order valence-electron chi connectivity index (χ2n) is 4.80. The fourth-order valence-electron chi connectivity index (χ4n) is 2.66. The van der Waals surface area contributed by atoms with Crippen LogP contribution in [0.3, 0.4) is 0 Å². The first-order chi connectivity index (χ1) is 8.79. The van der Waals surface area contributed by atoms with Crippen LogP contribution in [0.1, 0.15) is 25.7 Å². The predicted molar refractivity (Wildman–Crippen MR) is 71.9 cm³/mol. The second-order valence-corrected chi connectivity index (χ2v) is 4.80. The number of rotatable bonds is 3. The van der Waals surface area contributed by atoms with Crippen LogP contribution < -0.4 is 10.2 Å². The van der Waals surface area contributed by atoms with Gasteiger partial charge in [0, 0.05) is 20.1 Å². The Morgan fingerprint density at radius 2 is 2.11 bits per heavy atom. The third-order valence-electron chi connectivity index (χ3n) is 3.72. The number of aromatic amines is 1. The van der Waals surface area contributed by atoms with E-state index >= 15 is 0 Å². The third kappa shape index (κ3) is 1.77. The third-order valence-corrected chi connectivity index (χ3v) is 3.72. The van der Waals surface area contributed by atoms with Gasteiger partial charge in [-0.3, -0.25) is 5.10 Å². The largest absolute Gasteiger partial charge is 0.357 e. The molecule has 1 aliphatic carbocycles. The lowest BCUT2D eigenvalue weighted by atomic mass is 10.2. The van der Waals surface area contributed by atoms with E-state index in [4.69, 9.17) is 0 Å². The van der Waals surface area contributed by atoms with E-state index in [1.165, 1.54) is 25.7 Å². The van der Waals surface area contributed by atoms with Gasteiger partial charge >= 0.3 is 0 Å². The Bertz CT molecular complexity index is 542. The quantitative estimate of drug-likeness (QED) is 0.863. The van der Waals surface area contributed by atoms with Crippen molar-refractivity contribution in [2.45, 2.75) is 31.7 Å². The summed E-state index contributed by atoms with van der Waals surface area (Å²) >= 11 is 0. The van der Waals surface area contributed by atoms with Crippen LogP contribution >= 0.6 is 0 Å². The molecule has 96 valence electrons. The number of fused-ring (bicyclic) bond motifs is 1. The molecular formula is C12H18N6. The molecule has 0 aromatic carbocycles. The van der Waals surface area contributed by atoms with Gasteiger partial charge in [-0.1, -0.05) is 12.8 Å². The van der Waals surface area contributed by atoms with E-state index in [0.29, 0.717) is 12.0 Å². The fourth-order valence-corrected chi connectivity index (χ4v) is 2.66. The Hall–Kier alpha value is -1.85. The molecule has 2 aromatic rings. The molecular weight excluding hydrogens is 228 g/mol. The van der Waals surface area contributed by atoms with Crippen molar-refractivity contribution in [2.24, 2.45) is 0 Å². The van der Waals surface area contributed by atoms with Gasteiger partial charge in [0.1, 0.15) is 5.82 Å². The van der Waals surface area contributed by atoms with Crippen molar-refractivity contribution in [1.82, 2.24) is 20.2 Å². The van der Waals surface area contributed by atoms with Gasteiger partial charge in [0.15, 0.2) is 5.65 Å². The van der Waals surface area contributed by atoms with Crippen LogP contribution in [-0.2, 0) is 0 Å². The normalized spacial score (nSPS) is 16.3. The van der Waals surface area contributed by atoms with Crippen molar-refractivity contribution < 1.29 is 0 Å². The van der Waals surface area contributed by atoms with E-state index in [9.17, 15) is 0 Å². The Morgan fingerprint density at radius 1 is 1.33 bits per heavy atom. The molecule has 0 bridgehead atoms. The van der Waals surface area contributed by atoms with Gasteiger partial charge in [0.25, 0.3) is 0 Å². The zero-order valence-corrected chi connectivity index (χ0v) is 10.8. The summed E-state index contributed by atoms with van der Waals surface area (Å²) in [6.45, 7) is 0. The molecule has 0 spiro atoms. The molecule has 0 aliphatic heterocycles. The van der Waals surface area contributed by atoms with Crippen molar-refractivity contribution in [2.75, 3.05) is 24.3 Å². The van der Waals surface area contributed by atoms with Crippen molar-refractivity contribution in [3.05, 3.63) is 6.20 Å². The second kappa shape index (κ2) is 4.44. The van der Waals surface area contributed by atoms with Crippen molar-refractivity contribution >= 4 is 22.8 Å². The van der Waals surface area contributed by atoms with Crippen LogP contribution in [0, 0.1) is 0 Å². The molecule has 0 saturated heterocycles. The Balaban J connectivity index is 2.05. The number of nitrogens with zero attached hydrogens (tertiary/aromatic N) is 4. The molecule has 0 radical (unpaired) electrons. The molecule has 3 rings (SSSR count). The molecule has 1 fully saturated rings. The molecule has 0 amide bonds. The smallest absolute Gasteiger partial charge is 0.226 e. The van der Waals surface area contributed by atoms with Gasteiger partial charge in [0.05, 0.1) is 11.6 Å². The fraction of sp³-hybridized carbons (Fsp3) is 0.583. The minimum absolute atomic E-state index is 0.586. The first-order valence-corrected chi connectivity index (χ1v) is 6.41. The molecule has 1 saturated carbocycles. The number of H-pyrrole nitrogens is 1. The zero-order valence-electron chi connectivity index (χ0n) is 10.8. The van der Waals surface area contributed by atoms with E-state index in [1.807, 2.05) is 7.05 Å². The summed E-state index contributed by atoms with van der Waals surface area (Å²) < 4.78 is 0. The highest BCUT2D eigenvalue weighted by Gasteiger charge is 2.23. The lowest BCUT2D eigenvalue weighted by molar-refractivity contribution is 0.648. The van der Waals surface area contributed by atoms with Gasteiger partial charge < -0.3 is 10.2 Å². The van der Waals surface area contributed by atoms with E-state index in [-0.39, 0.29) is 0 Å². The Morgan fingerprint density at radius 3 is 2.83 bits per heavy atom. The summed E-state index contributed by atoms with van der Waals surface area (Å²) in [5.41, 5.74) is 0.786. The van der Waals surface area contributed by atoms with Crippen molar-refractivity contribution in [3.63, 3.8) is 0 Å². The van der Waals surface area contributed by atoms with Crippen LogP contribution in [0.4, 0.5) is 11.8 Å². The summed E-state index contributed by atoms with van der Waals surface area (Å²) in [6, 6.07) is 0.586. The monoisotopic (exact) mass is 246 g/mol. The maximum absolute atomic E-state index is 4.58. The number of hydrogen-bond acceptors (Lipinski definition) is 5. The minimum Gasteiger partial charge on any atom is -0.357 e. The number of nitrogens with one attached hydrogen (secondary N) is 2. The topological polar surface area (TPSA) is 69.7 Å². The van der Waals surface area contributed by atoms with Crippen LogP contribution in [0.25, 0.3) is 11.0 Å². The number of aromatic nitrogens is 4. The van der Waals surface area contributed by atoms with Crippen LogP contribution in [-0.4, -0.2) is 40.3 Å². The molecule has 6 nitrogen and oxygen atoms in total. The number of hydrogen-bond donors (Lipinski definition) is 2.